The summed E-state index contributed by atoms with van der Waals surface area (Å²) in [5.41, 5.74) is 13.4. The van der Waals surface area contributed by atoms with Gasteiger partial charge in [-0.25, -0.2) is 0 Å². The van der Waals surface area contributed by atoms with E-state index in [-0.39, 0.29) is 6.85 Å². The number of fused-ring (bicyclic) bond motifs is 14. The highest BCUT2D eigenvalue weighted by atomic mass is 32.2. The average Bonchev–Trinajstić information content (AvgIpc) is 3.62. The van der Waals surface area contributed by atoms with Gasteiger partial charge in [-0.3, -0.25) is 0 Å². The van der Waals surface area contributed by atoms with Crippen LogP contribution in [0.3, 0.4) is 0 Å². The van der Waals surface area contributed by atoms with E-state index in [0.717, 1.165) is 16.6 Å². The summed E-state index contributed by atoms with van der Waals surface area (Å²) in [5.74, 6) is 0. The van der Waals surface area contributed by atoms with Crippen molar-refractivity contribution < 1.29 is 4.42 Å². The molecule has 0 unspecified atom stereocenters. The molecule has 0 saturated carbocycles. The second-order valence-corrected chi connectivity index (χ2v) is 13.5. The van der Waals surface area contributed by atoms with Gasteiger partial charge < -0.3 is 13.8 Å². The third-order valence-corrected chi connectivity index (χ3v) is 11.4. The Bertz CT molecular complexity index is 2830. The minimum atomic E-state index is 0.000682. The Morgan fingerprint density at radius 2 is 1.38 bits per heavy atom. The van der Waals surface area contributed by atoms with Crippen molar-refractivity contribution in [3.05, 3.63) is 127 Å². The van der Waals surface area contributed by atoms with E-state index in [1.54, 1.807) is 0 Å². The SMILES string of the molecule is c1ccc2c(c1)Sc1cccc3c1N2c1cc2c(oc4ccccc42)c2c1B3n1c3cc4ccccc4cc3c3cccc-2c31. The molecule has 0 radical (unpaired) electrons. The Morgan fingerprint density at radius 3 is 2.33 bits per heavy atom. The van der Waals surface area contributed by atoms with Crippen LogP contribution in [0.2, 0.25) is 0 Å². The summed E-state index contributed by atoms with van der Waals surface area (Å²) in [6.07, 6.45) is 0. The van der Waals surface area contributed by atoms with Crippen LogP contribution in [0.15, 0.2) is 142 Å². The van der Waals surface area contributed by atoms with Gasteiger partial charge >= 0.3 is 6.85 Å². The van der Waals surface area contributed by atoms with Crippen molar-refractivity contribution in [1.29, 1.82) is 0 Å². The highest BCUT2D eigenvalue weighted by Gasteiger charge is 2.46. The molecule has 0 fully saturated rings. The molecule has 12 rings (SSSR count). The molecule has 0 atom stereocenters. The number of hydrogen-bond acceptors (Lipinski definition) is 3. The third kappa shape index (κ3) is 2.66. The molecule has 3 aliphatic heterocycles. The summed E-state index contributed by atoms with van der Waals surface area (Å²) in [6, 6.07) is 47.0. The van der Waals surface area contributed by atoms with Crippen LogP contribution in [-0.2, 0) is 0 Å². The molecule has 2 aromatic heterocycles. The lowest BCUT2D eigenvalue weighted by Crippen LogP contribution is -2.57. The van der Waals surface area contributed by atoms with Gasteiger partial charge in [0, 0.05) is 59.2 Å². The molecule has 45 heavy (non-hydrogen) atoms. The zero-order valence-corrected chi connectivity index (χ0v) is 24.7. The van der Waals surface area contributed by atoms with E-state index in [1.807, 2.05) is 11.8 Å². The maximum absolute atomic E-state index is 6.84. The molecule has 0 amide bonds. The van der Waals surface area contributed by atoms with Crippen LogP contribution in [0.4, 0.5) is 17.1 Å². The van der Waals surface area contributed by atoms with Gasteiger partial charge in [0.2, 0.25) is 0 Å². The number of hydrogen-bond donors (Lipinski definition) is 0. The predicted octanol–water partition coefficient (Wildman–Crippen LogP) is 9.73. The number of nitrogens with zero attached hydrogens (tertiary/aromatic N) is 2. The first-order chi connectivity index (χ1) is 22.3. The van der Waals surface area contributed by atoms with Crippen molar-refractivity contribution in [2.45, 2.75) is 9.79 Å². The minimum absolute atomic E-state index is 0.000682. The van der Waals surface area contributed by atoms with E-state index in [2.05, 4.69) is 137 Å². The Morgan fingerprint density at radius 1 is 0.600 bits per heavy atom. The van der Waals surface area contributed by atoms with Gasteiger partial charge in [-0.05, 0) is 64.2 Å². The van der Waals surface area contributed by atoms with Crippen molar-refractivity contribution in [3.8, 4) is 11.1 Å². The van der Waals surface area contributed by atoms with Crippen LogP contribution in [0.25, 0.3) is 65.6 Å². The van der Waals surface area contributed by atoms with Crippen molar-refractivity contribution in [3.63, 3.8) is 0 Å². The Labute approximate surface area is 262 Å². The Hall–Kier alpha value is -5.39. The van der Waals surface area contributed by atoms with Gasteiger partial charge in [-0.2, -0.15) is 0 Å². The zero-order valence-electron chi connectivity index (χ0n) is 23.9. The van der Waals surface area contributed by atoms with Gasteiger partial charge in [0.1, 0.15) is 11.2 Å². The quantitative estimate of drug-likeness (QED) is 0.165. The number of benzene rings is 7. The highest BCUT2D eigenvalue weighted by Crippen LogP contribution is 2.55. The first-order valence-electron chi connectivity index (χ1n) is 15.5. The van der Waals surface area contributed by atoms with Crippen LogP contribution in [-0.4, -0.2) is 11.3 Å². The lowest BCUT2D eigenvalue weighted by molar-refractivity contribution is 0.670. The van der Waals surface area contributed by atoms with E-state index in [0.29, 0.717) is 0 Å². The van der Waals surface area contributed by atoms with E-state index in [9.17, 15) is 0 Å². The largest absolute Gasteiger partial charge is 0.455 e. The fourth-order valence-corrected chi connectivity index (χ4v) is 9.67. The maximum Gasteiger partial charge on any atom is 0.333 e. The molecule has 206 valence electrons. The molecule has 5 heteroatoms. The molecule has 0 aliphatic carbocycles. The number of para-hydroxylation sites is 4. The summed E-state index contributed by atoms with van der Waals surface area (Å²) in [5, 5.41) is 7.45. The fraction of sp³-hybridized carbons (Fsp3) is 0. The standard InChI is InChI=1S/C40H21BN2OS/c1-2-10-23-20-31-27(19-22(23)9-1)25-12-7-13-26-36-37-32(21-28-24-11-3-5-16-33(24)44-40(28)36)42-30-15-4-6-17-34(30)45-35-18-8-14-29(39(35)42)41(37)43(31)38(25)26/h1-21H. The lowest BCUT2D eigenvalue weighted by atomic mass is 9.45. The third-order valence-electron chi connectivity index (χ3n) is 10.3. The van der Waals surface area contributed by atoms with Crippen LogP contribution in [0, 0.1) is 0 Å². The van der Waals surface area contributed by atoms with Crippen molar-refractivity contribution in [2.75, 3.05) is 4.90 Å². The molecule has 9 aromatic rings. The molecule has 3 aliphatic rings. The first-order valence-corrected chi connectivity index (χ1v) is 16.3. The van der Waals surface area contributed by atoms with Gasteiger partial charge in [-0.15, -0.1) is 0 Å². The molecule has 5 heterocycles. The molecular formula is C40H21BN2OS. The van der Waals surface area contributed by atoms with Crippen LogP contribution in [0.5, 0.6) is 0 Å². The number of anilines is 3. The molecule has 0 saturated heterocycles. The number of rotatable bonds is 0. The maximum atomic E-state index is 6.84. The molecular weight excluding hydrogens is 567 g/mol. The zero-order chi connectivity index (χ0) is 29.0. The van der Waals surface area contributed by atoms with Crippen LogP contribution < -0.4 is 15.8 Å². The van der Waals surface area contributed by atoms with Crippen molar-refractivity contribution in [1.82, 2.24) is 4.48 Å². The van der Waals surface area contributed by atoms with Gasteiger partial charge in [0.05, 0.1) is 11.4 Å². The van der Waals surface area contributed by atoms with Crippen molar-refractivity contribution >= 4 is 101 Å². The Kier molecular flexibility index (Phi) is 4.00. The summed E-state index contributed by atoms with van der Waals surface area (Å²) in [4.78, 5) is 5.12. The summed E-state index contributed by atoms with van der Waals surface area (Å²) in [6.45, 7) is 0.000682. The van der Waals surface area contributed by atoms with Gasteiger partial charge in [-0.1, -0.05) is 96.7 Å². The monoisotopic (exact) mass is 588 g/mol. The number of furan rings is 1. The lowest BCUT2D eigenvalue weighted by Gasteiger charge is -2.43. The predicted molar refractivity (Wildman–Crippen MR) is 189 cm³/mol. The molecule has 7 aromatic carbocycles. The normalized spacial score (nSPS) is 14.0. The van der Waals surface area contributed by atoms with Gasteiger partial charge in [0.15, 0.2) is 0 Å². The van der Waals surface area contributed by atoms with Crippen LogP contribution in [0.1, 0.15) is 0 Å². The highest BCUT2D eigenvalue weighted by molar-refractivity contribution is 7.99. The van der Waals surface area contributed by atoms with Crippen molar-refractivity contribution in [2.24, 2.45) is 0 Å². The number of aromatic nitrogens is 1. The second-order valence-electron chi connectivity index (χ2n) is 12.4. The second kappa shape index (κ2) is 7.81. The molecule has 0 N–H and O–H groups in total. The topological polar surface area (TPSA) is 21.3 Å². The fourth-order valence-electron chi connectivity index (χ4n) is 8.57. The summed E-state index contributed by atoms with van der Waals surface area (Å²) in [7, 11) is 0. The summed E-state index contributed by atoms with van der Waals surface area (Å²) < 4.78 is 9.48. The summed E-state index contributed by atoms with van der Waals surface area (Å²) >= 11 is 1.88. The first kappa shape index (κ1) is 23.1. The van der Waals surface area contributed by atoms with E-state index in [4.69, 9.17) is 4.42 Å². The molecule has 0 bridgehead atoms. The van der Waals surface area contributed by atoms with Crippen LogP contribution >= 0.6 is 11.8 Å². The molecule has 0 spiro atoms. The van der Waals surface area contributed by atoms with E-state index < -0.39 is 0 Å². The Balaban J connectivity index is 1.35. The van der Waals surface area contributed by atoms with E-state index in [1.165, 1.54) is 86.9 Å². The van der Waals surface area contributed by atoms with E-state index >= 15 is 0 Å². The smallest absolute Gasteiger partial charge is 0.333 e. The van der Waals surface area contributed by atoms with Gasteiger partial charge in [0.25, 0.3) is 0 Å². The minimum Gasteiger partial charge on any atom is -0.455 e. The molecule has 3 nitrogen and oxygen atoms in total. The average molecular weight is 589 g/mol.